The van der Waals surface area contributed by atoms with Crippen molar-refractivity contribution >= 4 is 34.5 Å². The second-order valence-corrected chi connectivity index (χ2v) is 8.42. The molecule has 0 saturated carbocycles. The molecule has 156 valence electrons. The summed E-state index contributed by atoms with van der Waals surface area (Å²) in [7, 11) is 0. The minimum Gasteiger partial charge on any atom is -0.294 e. The molecule has 0 spiro atoms. The molecule has 0 bridgehead atoms. The number of hydrogen-bond acceptors (Lipinski definition) is 6. The van der Waals surface area contributed by atoms with Crippen LogP contribution in [0.15, 0.2) is 70.9 Å². The lowest BCUT2D eigenvalue weighted by molar-refractivity contribution is -0.115. The molecule has 4 rings (SSSR count). The number of aryl methyl sites for hydroxylation is 2. The van der Waals surface area contributed by atoms with Gasteiger partial charge in [0.15, 0.2) is 5.16 Å². The maximum Gasteiger partial charge on any atom is 0.266 e. The molecular formula is C23H21N5O2S. The Morgan fingerprint density at radius 3 is 2.39 bits per heavy atom. The Balaban J connectivity index is 1.79. The first-order chi connectivity index (χ1) is 15.0. The highest BCUT2D eigenvalue weighted by Crippen LogP contribution is 2.28. The van der Waals surface area contributed by atoms with Crippen molar-refractivity contribution < 1.29 is 4.79 Å². The van der Waals surface area contributed by atoms with E-state index in [-0.39, 0.29) is 17.4 Å². The number of fused-ring (bicyclic) bond motifs is 1. The zero-order valence-electron chi connectivity index (χ0n) is 17.4. The van der Waals surface area contributed by atoms with Gasteiger partial charge in [0.25, 0.3) is 5.56 Å². The monoisotopic (exact) mass is 431 g/mol. The van der Waals surface area contributed by atoms with Crippen molar-refractivity contribution in [3.63, 3.8) is 0 Å². The number of benzene rings is 2. The lowest BCUT2D eigenvalue weighted by atomic mass is 10.1. The molecule has 0 saturated heterocycles. The highest BCUT2D eigenvalue weighted by Gasteiger charge is 2.22. The molecule has 0 aliphatic rings. The third-order valence-corrected chi connectivity index (χ3v) is 5.91. The topological polar surface area (TPSA) is 89.8 Å². The summed E-state index contributed by atoms with van der Waals surface area (Å²) in [5.41, 5.74) is 3.12. The van der Waals surface area contributed by atoms with Crippen molar-refractivity contribution in [2.24, 2.45) is 0 Å². The zero-order chi connectivity index (χ0) is 22.0. The van der Waals surface area contributed by atoms with Gasteiger partial charge in [0.05, 0.1) is 21.8 Å². The van der Waals surface area contributed by atoms with Crippen molar-refractivity contribution in [3.8, 4) is 5.69 Å². The summed E-state index contributed by atoms with van der Waals surface area (Å²) in [4.78, 5) is 39.0. The number of amides is 1. The number of rotatable bonds is 5. The molecule has 31 heavy (non-hydrogen) atoms. The van der Waals surface area contributed by atoms with Crippen LogP contribution in [0.4, 0.5) is 5.95 Å². The van der Waals surface area contributed by atoms with Gasteiger partial charge in [0.1, 0.15) is 0 Å². The van der Waals surface area contributed by atoms with E-state index < -0.39 is 5.25 Å². The largest absolute Gasteiger partial charge is 0.294 e. The summed E-state index contributed by atoms with van der Waals surface area (Å²) in [6, 6.07) is 14.8. The molecule has 7 nitrogen and oxygen atoms in total. The molecule has 0 aliphatic heterocycles. The van der Waals surface area contributed by atoms with E-state index in [0.29, 0.717) is 16.1 Å². The fourth-order valence-corrected chi connectivity index (χ4v) is 4.25. The van der Waals surface area contributed by atoms with E-state index in [2.05, 4.69) is 15.3 Å². The molecule has 0 radical (unpaired) electrons. The van der Waals surface area contributed by atoms with Gasteiger partial charge in [-0.2, -0.15) is 0 Å². The van der Waals surface area contributed by atoms with Gasteiger partial charge in [-0.1, -0.05) is 42.1 Å². The summed E-state index contributed by atoms with van der Waals surface area (Å²) in [5, 5.41) is 3.15. The number of thioether (sulfide) groups is 1. The number of para-hydroxylation sites is 2. The molecule has 1 N–H and O–H groups in total. The second-order valence-electron chi connectivity index (χ2n) is 7.11. The standard InChI is InChI=1S/C23H21N5O2S/c1-14-8-6-9-15(2)19(14)28-21(30)17-10-4-5-11-18(17)26-23(28)31-16(3)20(29)27-22-24-12-7-13-25-22/h4-13,16H,1-3H3,(H,24,25,27,29). The molecule has 0 aliphatic carbocycles. The van der Waals surface area contributed by atoms with E-state index in [1.165, 1.54) is 11.8 Å². The Morgan fingerprint density at radius 2 is 1.68 bits per heavy atom. The first kappa shape index (κ1) is 20.7. The molecule has 1 atom stereocenters. The number of anilines is 1. The maximum atomic E-state index is 13.5. The Bertz CT molecular complexity index is 1300. The summed E-state index contributed by atoms with van der Waals surface area (Å²) >= 11 is 1.22. The van der Waals surface area contributed by atoms with Gasteiger partial charge >= 0.3 is 0 Å². The lowest BCUT2D eigenvalue weighted by Crippen LogP contribution is -2.27. The summed E-state index contributed by atoms with van der Waals surface area (Å²) in [6.07, 6.45) is 3.12. The number of carbonyl (C=O) groups excluding carboxylic acids is 1. The molecule has 4 aromatic rings. The minimum atomic E-state index is -0.535. The predicted octanol–water partition coefficient (Wildman–Crippen LogP) is 3.91. The van der Waals surface area contributed by atoms with Crippen molar-refractivity contribution in [3.05, 3.63) is 82.4 Å². The fraction of sp³-hybridized carbons (Fsp3) is 0.174. The van der Waals surface area contributed by atoms with Crippen molar-refractivity contribution in [1.29, 1.82) is 0 Å². The molecular weight excluding hydrogens is 410 g/mol. The molecule has 2 aromatic heterocycles. The van der Waals surface area contributed by atoms with Crippen LogP contribution in [0.25, 0.3) is 16.6 Å². The summed E-state index contributed by atoms with van der Waals surface area (Å²) in [5.74, 6) is -0.0368. The third kappa shape index (κ3) is 4.20. The van der Waals surface area contributed by atoms with Crippen LogP contribution in [0.2, 0.25) is 0 Å². The fourth-order valence-electron chi connectivity index (χ4n) is 3.33. The van der Waals surface area contributed by atoms with Crippen molar-refractivity contribution in [1.82, 2.24) is 19.5 Å². The molecule has 0 fully saturated rings. The SMILES string of the molecule is Cc1cccc(C)c1-n1c(SC(C)C(=O)Nc2ncccn2)nc2ccccc2c1=O. The van der Waals surface area contributed by atoms with Crippen LogP contribution in [-0.2, 0) is 4.79 Å². The van der Waals surface area contributed by atoms with Gasteiger partial charge in [0.2, 0.25) is 11.9 Å². The first-order valence-electron chi connectivity index (χ1n) is 9.78. The lowest BCUT2D eigenvalue weighted by Gasteiger charge is -2.19. The van der Waals surface area contributed by atoms with Crippen molar-refractivity contribution in [2.45, 2.75) is 31.2 Å². The number of nitrogens with one attached hydrogen (secondary N) is 1. The zero-order valence-corrected chi connectivity index (χ0v) is 18.2. The van der Waals surface area contributed by atoms with Crippen LogP contribution in [0.3, 0.4) is 0 Å². The van der Waals surface area contributed by atoms with Crippen LogP contribution in [0.5, 0.6) is 0 Å². The van der Waals surface area contributed by atoms with E-state index in [0.717, 1.165) is 16.8 Å². The van der Waals surface area contributed by atoms with Crippen molar-refractivity contribution in [2.75, 3.05) is 5.32 Å². The normalized spacial score (nSPS) is 12.0. The van der Waals surface area contributed by atoms with Crippen LogP contribution >= 0.6 is 11.8 Å². The Hall–Kier alpha value is -3.52. The Morgan fingerprint density at radius 1 is 1.00 bits per heavy atom. The minimum absolute atomic E-state index is 0.162. The summed E-state index contributed by atoms with van der Waals surface area (Å²) < 4.78 is 1.61. The van der Waals surface area contributed by atoms with Crippen LogP contribution in [-0.4, -0.2) is 30.7 Å². The average Bonchev–Trinajstić information content (AvgIpc) is 2.76. The molecule has 8 heteroatoms. The van der Waals surface area contributed by atoms with Crippen LogP contribution in [0, 0.1) is 13.8 Å². The van der Waals surface area contributed by atoms with E-state index in [1.54, 1.807) is 42.1 Å². The number of hydrogen-bond donors (Lipinski definition) is 1. The predicted molar refractivity (Wildman–Crippen MR) is 123 cm³/mol. The van der Waals surface area contributed by atoms with E-state index in [4.69, 9.17) is 4.98 Å². The summed E-state index contributed by atoms with van der Waals surface area (Å²) in [6.45, 7) is 5.68. The third-order valence-electron chi connectivity index (χ3n) is 4.86. The average molecular weight is 432 g/mol. The quantitative estimate of drug-likeness (QED) is 0.381. The van der Waals surface area contributed by atoms with Gasteiger partial charge in [-0.05, 0) is 50.1 Å². The van der Waals surface area contributed by atoms with E-state index >= 15 is 0 Å². The van der Waals surface area contributed by atoms with E-state index in [1.807, 2.05) is 44.2 Å². The Kier molecular flexibility index (Phi) is 5.81. The van der Waals surface area contributed by atoms with Crippen LogP contribution in [0.1, 0.15) is 18.1 Å². The highest BCUT2D eigenvalue weighted by molar-refractivity contribution is 8.00. The van der Waals surface area contributed by atoms with Crippen LogP contribution < -0.4 is 10.9 Å². The molecule has 2 heterocycles. The Labute approximate surface area is 183 Å². The number of aromatic nitrogens is 4. The molecule has 1 amide bonds. The van der Waals surface area contributed by atoms with E-state index in [9.17, 15) is 9.59 Å². The van der Waals surface area contributed by atoms with Gasteiger partial charge < -0.3 is 0 Å². The van der Waals surface area contributed by atoms with Gasteiger partial charge in [0, 0.05) is 12.4 Å². The molecule has 1 unspecified atom stereocenters. The maximum absolute atomic E-state index is 13.5. The second kappa shape index (κ2) is 8.69. The highest BCUT2D eigenvalue weighted by atomic mass is 32.2. The van der Waals surface area contributed by atoms with Gasteiger partial charge in [-0.3, -0.25) is 19.5 Å². The van der Waals surface area contributed by atoms with Gasteiger partial charge in [-0.25, -0.2) is 15.0 Å². The molecule has 2 aromatic carbocycles. The number of nitrogens with zero attached hydrogens (tertiary/aromatic N) is 4. The smallest absolute Gasteiger partial charge is 0.266 e. The van der Waals surface area contributed by atoms with Gasteiger partial charge in [-0.15, -0.1) is 0 Å². The first-order valence-corrected chi connectivity index (χ1v) is 10.7. The number of carbonyl (C=O) groups is 1.